The predicted molar refractivity (Wildman–Crippen MR) is 62.0 cm³/mol. The summed E-state index contributed by atoms with van der Waals surface area (Å²) in [5.41, 5.74) is 0.574. The van der Waals surface area contributed by atoms with Crippen molar-refractivity contribution >= 4 is 0 Å². The standard InChI is InChI=1S/C13H19FO2/c1-2-8-16-9-7-11(10-15)12-5-3-4-6-13(12)14/h3-6,11,15H,2,7-10H2,1H3. The Morgan fingerprint density at radius 1 is 1.31 bits per heavy atom. The molecule has 1 aromatic rings. The molecule has 90 valence electrons. The van der Waals surface area contributed by atoms with Gasteiger partial charge >= 0.3 is 0 Å². The van der Waals surface area contributed by atoms with Crippen LogP contribution in [-0.2, 0) is 4.74 Å². The monoisotopic (exact) mass is 226 g/mol. The Morgan fingerprint density at radius 2 is 2.06 bits per heavy atom. The van der Waals surface area contributed by atoms with E-state index in [1.165, 1.54) is 6.07 Å². The molecule has 0 saturated carbocycles. The first kappa shape index (κ1) is 13.1. The highest BCUT2D eigenvalue weighted by Gasteiger charge is 2.13. The SMILES string of the molecule is CCCOCCC(CO)c1ccccc1F. The van der Waals surface area contributed by atoms with Gasteiger partial charge in [-0.05, 0) is 24.5 Å². The molecule has 0 saturated heterocycles. The van der Waals surface area contributed by atoms with E-state index in [0.717, 1.165) is 13.0 Å². The van der Waals surface area contributed by atoms with Gasteiger partial charge < -0.3 is 9.84 Å². The zero-order valence-corrected chi connectivity index (χ0v) is 9.66. The fourth-order valence-corrected chi connectivity index (χ4v) is 1.62. The minimum Gasteiger partial charge on any atom is -0.396 e. The maximum absolute atomic E-state index is 13.5. The van der Waals surface area contributed by atoms with Gasteiger partial charge in [0.1, 0.15) is 5.82 Å². The van der Waals surface area contributed by atoms with E-state index in [4.69, 9.17) is 4.74 Å². The molecule has 16 heavy (non-hydrogen) atoms. The first-order valence-corrected chi connectivity index (χ1v) is 5.72. The van der Waals surface area contributed by atoms with Crippen LogP contribution in [0.3, 0.4) is 0 Å². The molecule has 0 aliphatic rings. The highest BCUT2D eigenvalue weighted by atomic mass is 19.1. The molecule has 1 unspecified atom stereocenters. The number of benzene rings is 1. The van der Waals surface area contributed by atoms with E-state index >= 15 is 0 Å². The predicted octanol–water partition coefficient (Wildman–Crippen LogP) is 2.72. The van der Waals surface area contributed by atoms with Crippen molar-refractivity contribution in [1.29, 1.82) is 0 Å². The lowest BCUT2D eigenvalue weighted by atomic mass is 9.96. The van der Waals surface area contributed by atoms with Crippen LogP contribution in [0.25, 0.3) is 0 Å². The second kappa shape index (κ2) is 7.36. The molecule has 1 atom stereocenters. The summed E-state index contributed by atoms with van der Waals surface area (Å²) in [6.07, 6.45) is 1.63. The van der Waals surface area contributed by atoms with Gasteiger partial charge in [-0.3, -0.25) is 0 Å². The summed E-state index contributed by atoms with van der Waals surface area (Å²) < 4.78 is 18.8. The summed E-state index contributed by atoms with van der Waals surface area (Å²) in [5.74, 6) is -0.421. The van der Waals surface area contributed by atoms with Gasteiger partial charge in [0, 0.05) is 19.1 Å². The lowest BCUT2D eigenvalue weighted by Gasteiger charge is -2.15. The maximum Gasteiger partial charge on any atom is 0.126 e. The van der Waals surface area contributed by atoms with Gasteiger partial charge in [-0.2, -0.15) is 0 Å². The molecular formula is C13H19FO2. The van der Waals surface area contributed by atoms with Gasteiger partial charge in [0.05, 0.1) is 6.61 Å². The number of hydrogen-bond acceptors (Lipinski definition) is 2. The zero-order chi connectivity index (χ0) is 11.8. The first-order valence-electron chi connectivity index (χ1n) is 5.72. The van der Waals surface area contributed by atoms with Crippen molar-refractivity contribution in [3.8, 4) is 0 Å². The first-order chi connectivity index (χ1) is 7.79. The Balaban J connectivity index is 2.51. The van der Waals surface area contributed by atoms with E-state index in [-0.39, 0.29) is 18.3 Å². The lowest BCUT2D eigenvalue weighted by Crippen LogP contribution is -2.10. The Labute approximate surface area is 96.1 Å². The molecule has 0 bridgehead atoms. The van der Waals surface area contributed by atoms with Gasteiger partial charge in [-0.25, -0.2) is 4.39 Å². The number of aliphatic hydroxyl groups excluding tert-OH is 1. The molecule has 0 aliphatic heterocycles. The molecule has 0 heterocycles. The van der Waals surface area contributed by atoms with Gasteiger partial charge in [-0.15, -0.1) is 0 Å². The molecule has 1 aromatic carbocycles. The molecule has 0 aromatic heterocycles. The molecular weight excluding hydrogens is 207 g/mol. The minimum atomic E-state index is -0.253. The van der Waals surface area contributed by atoms with Crippen LogP contribution in [0.4, 0.5) is 4.39 Å². The Morgan fingerprint density at radius 3 is 2.69 bits per heavy atom. The average Bonchev–Trinajstić information content (AvgIpc) is 2.31. The highest BCUT2D eigenvalue weighted by Crippen LogP contribution is 2.21. The summed E-state index contributed by atoms with van der Waals surface area (Å²) in [4.78, 5) is 0. The third kappa shape index (κ3) is 3.91. The molecule has 0 radical (unpaired) electrons. The van der Waals surface area contributed by atoms with Crippen LogP contribution in [0.1, 0.15) is 31.2 Å². The Hall–Kier alpha value is -0.930. The van der Waals surface area contributed by atoms with Crippen molar-refractivity contribution in [3.63, 3.8) is 0 Å². The second-order valence-corrected chi connectivity index (χ2v) is 3.80. The lowest BCUT2D eigenvalue weighted by molar-refractivity contribution is 0.119. The van der Waals surface area contributed by atoms with E-state index in [9.17, 15) is 9.50 Å². The fraction of sp³-hybridized carbons (Fsp3) is 0.538. The minimum absolute atomic E-state index is 0.0452. The van der Waals surface area contributed by atoms with Crippen LogP contribution in [0, 0.1) is 5.82 Å². The van der Waals surface area contributed by atoms with Crippen molar-refractivity contribution in [2.75, 3.05) is 19.8 Å². The molecule has 0 aliphatic carbocycles. The van der Waals surface area contributed by atoms with Crippen molar-refractivity contribution in [2.45, 2.75) is 25.7 Å². The van der Waals surface area contributed by atoms with Crippen LogP contribution in [-0.4, -0.2) is 24.9 Å². The van der Waals surface area contributed by atoms with E-state index in [2.05, 4.69) is 0 Å². The van der Waals surface area contributed by atoms with Crippen LogP contribution >= 0.6 is 0 Å². The van der Waals surface area contributed by atoms with Gasteiger partial charge in [-0.1, -0.05) is 25.1 Å². The number of rotatable bonds is 7. The molecule has 1 N–H and O–H groups in total. The molecule has 0 fully saturated rings. The smallest absolute Gasteiger partial charge is 0.126 e. The fourth-order valence-electron chi connectivity index (χ4n) is 1.62. The molecule has 3 heteroatoms. The zero-order valence-electron chi connectivity index (χ0n) is 9.66. The van der Waals surface area contributed by atoms with Crippen LogP contribution in [0.15, 0.2) is 24.3 Å². The summed E-state index contributed by atoms with van der Waals surface area (Å²) in [5, 5.41) is 9.24. The van der Waals surface area contributed by atoms with E-state index < -0.39 is 0 Å². The normalized spacial score (nSPS) is 12.7. The van der Waals surface area contributed by atoms with Crippen molar-refractivity contribution < 1.29 is 14.2 Å². The van der Waals surface area contributed by atoms with Crippen molar-refractivity contribution in [1.82, 2.24) is 0 Å². The number of aliphatic hydroxyl groups is 1. The number of halogens is 1. The third-order valence-electron chi connectivity index (χ3n) is 2.52. The highest BCUT2D eigenvalue weighted by molar-refractivity contribution is 5.21. The molecule has 0 amide bonds. The van der Waals surface area contributed by atoms with Crippen molar-refractivity contribution in [2.24, 2.45) is 0 Å². The summed E-state index contributed by atoms with van der Waals surface area (Å²) in [7, 11) is 0. The average molecular weight is 226 g/mol. The third-order valence-corrected chi connectivity index (χ3v) is 2.52. The van der Waals surface area contributed by atoms with E-state index in [1.807, 2.05) is 6.92 Å². The van der Waals surface area contributed by atoms with Gasteiger partial charge in [0.15, 0.2) is 0 Å². The summed E-state index contributed by atoms with van der Waals surface area (Å²) in [6, 6.07) is 6.58. The topological polar surface area (TPSA) is 29.5 Å². The van der Waals surface area contributed by atoms with Gasteiger partial charge in [0.25, 0.3) is 0 Å². The van der Waals surface area contributed by atoms with Gasteiger partial charge in [0.2, 0.25) is 0 Å². The quantitative estimate of drug-likeness (QED) is 0.724. The largest absolute Gasteiger partial charge is 0.396 e. The molecule has 1 rings (SSSR count). The maximum atomic E-state index is 13.5. The van der Waals surface area contributed by atoms with E-state index in [1.54, 1.807) is 18.2 Å². The Kier molecular flexibility index (Phi) is 6.04. The molecule has 2 nitrogen and oxygen atoms in total. The Bertz CT molecular complexity index is 302. The summed E-state index contributed by atoms with van der Waals surface area (Å²) in [6.45, 7) is 3.28. The van der Waals surface area contributed by atoms with Crippen LogP contribution in [0.2, 0.25) is 0 Å². The number of hydrogen-bond donors (Lipinski definition) is 1. The second-order valence-electron chi connectivity index (χ2n) is 3.80. The van der Waals surface area contributed by atoms with E-state index in [0.29, 0.717) is 18.6 Å². The number of ether oxygens (including phenoxy) is 1. The summed E-state index contributed by atoms with van der Waals surface area (Å²) >= 11 is 0. The molecule has 0 spiro atoms. The van der Waals surface area contributed by atoms with Crippen molar-refractivity contribution in [3.05, 3.63) is 35.6 Å². The van der Waals surface area contributed by atoms with Crippen LogP contribution < -0.4 is 0 Å². The van der Waals surface area contributed by atoms with Crippen LogP contribution in [0.5, 0.6) is 0 Å².